The predicted molar refractivity (Wildman–Crippen MR) is 151 cm³/mol. The first-order chi connectivity index (χ1) is 18.8. The second-order valence-corrected chi connectivity index (χ2v) is 11.0. The number of hydrogen-bond acceptors (Lipinski definition) is 9. The van der Waals surface area contributed by atoms with Gasteiger partial charge in [-0.1, -0.05) is 35.3 Å². The van der Waals surface area contributed by atoms with Gasteiger partial charge in [0.25, 0.3) is 5.91 Å². The van der Waals surface area contributed by atoms with Crippen molar-refractivity contribution in [2.45, 2.75) is 42.1 Å². The fourth-order valence-electron chi connectivity index (χ4n) is 5.24. The number of nitriles is 1. The van der Waals surface area contributed by atoms with Gasteiger partial charge >= 0.3 is 0 Å². The summed E-state index contributed by atoms with van der Waals surface area (Å²) in [7, 11) is 0. The van der Waals surface area contributed by atoms with Crippen LogP contribution < -0.4 is 21.7 Å². The molecule has 1 aromatic carbocycles. The number of nitrogens with one attached hydrogen (secondary N) is 1. The van der Waals surface area contributed by atoms with Crippen LogP contribution in [0.1, 0.15) is 48.2 Å². The zero-order chi connectivity index (χ0) is 27.6. The van der Waals surface area contributed by atoms with Crippen molar-refractivity contribution in [2.24, 2.45) is 11.1 Å². The summed E-state index contributed by atoms with van der Waals surface area (Å²) in [5.41, 5.74) is 15.9. The molecule has 39 heavy (non-hydrogen) atoms. The van der Waals surface area contributed by atoms with Crippen molar-refractivity contribution < 1.29 is 4.79 Å². The first kappa shape index (κ1) is 26.8. The van der Waals surface area contributed by atoms with Gasteiger partial charge in [-0.2, -0.15) is 5.26 Å². The molecule has 2 aliphatic rings. The van der Waals surface area contributed by atoms with E-state index in [0.717, 1.165) is 43.5 Å². The minimum absolute atomic E-state index is 0.0518. The zero-order valence-electron chi connectivity index (χ0n) is 21.4. The number of aromatic nitrogens is 3. The number of nitrogens with two attached hydrogens (primary N) is 2. The van der Waals surface area contributed by atoms with Gasteiger partial charge in [-0.3, -0.25) is 4.79 Å². The lowest BCUT2D eigenvalue weighted by molar-refractivity contribution is -0.115. The number of benzene rings is 1. The van der Waals surface area contributed by atoms with Crippen molar-refractivity contribution in [3.8, 4) is 17.9 Å². The quantitative estimate of drug-likeness (QED) is 0.409. The Labute approximate surface area is 236 Å². The lowest BCUT2D eigenvalue weighted by Crippen LogP contribution is -2.44. The van der Waals surface area contributed by atoms with Crippen molar-refractivity contribution in [3.63, 3.8) is 0 Å². The third kappa shape index (κ3) is 5.37. The standard InChI is InChI=1S/C28H27ClN8OS/c1-2-33-23(38)6-4-17-3-5-18-14-28(25(31)19(18)13-17)8-11-37(12-9-28)22-16-35-27(20(15-30)36-22)39-21-7-10-34-26(32)24(21)29/h3,5,7,10,13,16,25H,2,8-9,11-12,14,31H2,1H3,(H2,32,34)(H,33,38)/t25-/m1/s1. The highest BCUT2D eigenvalue weighted by molar-refractivity contribution is 7.99. The van der Waals surface area contributed by atoms with Gasteiger partial charge < -0.3 is 21.7 Å². The molecule has 1 amide bonds. The maximum absolute atomic E-state index is 11.7. The van der Waals surface area contributed by atoms with E-state index in [9.17, 15) is 10.1 Å². The Bertz CT molecular complexity index is 1530. The van der Waals surface area contributed by atoms with Crippen LogP contribution >= 0.6 is 23.4 Å². The largest absolute Gasteiger partial charge is 0.382 e. The van der Waals surface area contributed by atoms with E-state index in [0.29, 0.717) is 27.3 Å². The molecule has 198 valence electrons. The van der Waals surface area contributed by atoms with E-state index in [4.69, 9.17) is 23.1 Å². The normalized spacial score (nSPS) is 17.2. The van der Waals surface area contributed by atoms with E-state index in [1.807, 2.05) is 19.1 Å². The molecule has 0 saturated carbocycles. The summed E-state index contributed by atoms with van der Waals surface area (Å²) < 4.78 is 0. The van der Waals surface area contributed by atoms with Crippen LogP contribution in [0.5, 0.6) is 0 Å². The summed E-state index contributed by atoms with van der Waals surface area (Å²) in [6.45, 7) is 3.92. The van der Waals surface area contributed by atoms with Crippen LogP contribution in [0.4, 0.5) is 11.6 Å². The monoisotopic (exact) mass is 558 g/mol. The average Bonchev–Trinajstić information content (AvgIpc) is 3.21. The number of pyridine rings is 1. The number of fused-ring (bicyclic) bond motifs is 1. The van der Waals surface area contributed by atoms with Gasteiger partial charge in [-0.05, 0) is 60.9 Å². The molecule has 11 heteroatoms. The van der Waals surface area contributed by atoms with Gasteiger partial charge in [0.1, 0.15) is 22.7 Å². The molecule has 0 unspecified atom stereocenters. The fourth-order valence-corrected chi connectivity index (χ4v) is 6.29. The minimum atomic E-state index is -0.286. The Morgan fingerprint density at radius 1 is 1.31 bits per heavy atom. The highest BCUT2D eigenvalue weighted by Gasteiger charge is 2.46. The average molecular weight is 559 g/mol. The minimum Gasteiger partial charge on any atom is -0.382 e. The van der Waals surface area contributed by atoms with Crippen LogP contribution in [-0.2, 0) is 11.2 Å². The molecule has 3 heterocycles. The second kappa shape index (κ2) is 11.1. The lowest BCUT2D eigenvalue weighted by Gasteiger charge is -2.42. The summed E-state index contributed by atoms with van der Waals surface area (Å²) in [5.74, 6) is 6.19. The predicted octanol–water partition coefficient (Wildman–Crippen LogP) is 3.46. The Kier molecular flexibility index (Phi) is 7.62. The molecule has 1 atom stereocenters. The van der Waals surface area contributed by atoms with Gasteiger partial charge in [0.15, 0.2) is 5.69 Å². The number of rotatable bonds is 4. The van der Waals surface area contributed by atoms with Gasteiger partial charge in [-0.25, -0.2) is 15.0 Å². The van der Waals surface area contributed by atoms with Crippen LogP contribution in [0.15, 0.2) is 46.6 Å². The van der Waals surface area contributed by atoms with Crippen molar-refractivity contribution in [2.75, 3.05) is 30.3 Å². The van der Waals surface area contributed by atoms with Crippen LogP contribution in [0.2, 0.25) is 5.02 Å². The van der Waals surface area contributed by atoms with Gasteiger partial charge in [0, 0.05) is 48.3 Å². The number of piperidine rings is 1. The zero-order valence-corrected chi connectivity index (χ0v) is 22.9. The molecule has 9 nitrogen and oxygen atoms in total. The van der Waals surface area contributed by atoms with E-state index < -0.39 is 0 Å². The summed E-state index contributed by atoms with van der Waals surface area (Å²) in [6, 6.07) is 9.84. The number of carbonyl (C=O) groups excluding carboxylic acids is 1. The Hall–Kier alpha value is -3.83. The SMILES string of the molecule is CCNC(=O)C#Cc1ccc2c(c1)[C@@H](N)C1(CCN(c3cnc(Sc4ccnc(N)c4Cl)c(C#N)n3)CC1)C2. The number of halogens is 1. The molecule has 2 aromatic heterocycles. The lowest BCUT2D eigenvalue weighted by atomic mass is 9.73. The number of anilines is 2. The number of nitrogens with zero attached hydrogens (tertiary/aromatic N) is 5. The molecular formula is C28H27ClN8OS. The Morgan fingerprint density at radius 3 is 2.85 bits per heavy atom. The van der Waals surface area contributed by atoms with E-state index in [1.54, 1.807) is 18.5 Å². The smallest absolute Gasteiger partial charge is 0.296 e. The van der Waals surface area contributed by atoms with Crippen molar-refractivity contribution >= 4 is 40.9 Å². The highest BCUT2D eigenvalue weighted by atomic mass is 35.5. The number of nitrogen functional groups attached to an aromatic ring is 1. The molecule has 1 spiro atoms. The van der Waals surface area contributed by atoms with Crippen LogP contribution in [0, 0.1) is 28.6 Å². The van der Waals surface area contributed by atoms with Crippen molar-refractivity contribution in [3.05, 3.63) is 64.1 Å². The highest BCUT2D eigenvalue weighted by Crippen LogP contribution is 2.51. The van der Waals surface area contributed by atoms with Crippen molar-refractivity contribution in [1.29, 1.82) is 5.26 Å². The van der Waals surface area contributed by atoms with Crippen LogP contribution in [0.25, 0.3) is 0 Å². The first-order valence-corrected chi connectivity index (χ1v) is 13.8. The maximum Gasteiger partial charge on any atom is 0.296 e. The molecule has 3 aromatic rings. The van der Waals surface area contributed by atoms with E-state index in [1.165, 1.54) is 17.3 Å². The third-order valence-electron chi connectivity index (χ3n) is 7.34. The van der Waals surface area contributed by atoms with Crippen LogP contribution in [-0.4, -0.2) is 40.5 Å². The first-order valence-electron chi connectivity index (χ1n) is 12.6. The maximum atomic E-state index is 11.7. The molecule has 1 aliphatic carbocycles. The van der Waals surface area contributed by atoms with Gasteiger partial charge in [-0.15, -0.1) is 0 Å². The van der Waals surface area contributed by atoms with E-state index >= 15 is 0 Å². The summed E-state index contributed by atoms with van der Waals surface area (Å²) in [4.78, 5) is 27.6. The van der Waals surface area contributed by atoms with E-state index in [-0.39, 0.29) is 28.9 Å². The number of carbonyl (C=O) groups is 1. The summed E-state index contributed by atoms with van der Waals surface area (Å²) >= 11 is 7.50. The summed E-state index contributed by atoms with van der Waals surface area (Å²) in [5, 5.41) is 13.2. The molecule has 0 bridgehead atoms. The topological polar surface area (TPSA) is 147 Å². The Balaban J connectivity index is 1.28. The molecule has 1 aliphatic heterocycles. The molecular weight excluding hydrogens is 532 g/mol. The molecule has 5 N–H and O–H groups in total. The molecule has 1 fully saturated rings. The molecule has 1 saturated heterocycles. The number of amides is 1. The number of hydrogen-bond donors (Lipinski definition) is 3. The summed E-state index contributed by atoms with van der Waals surface area (Å²) in [6.07, 6.45) is 5.93. The third-order valence-corrected chi connectivity index (χ3v) is 8.91. The van der Waals surface area contributed by atoms with Gasteiger partial charge in [0.2, 0.25) is 0 Å². The fraction of sp³-hybridized carbons (Fsp3) is 0.321. The molecule has 0 radical (unpaired) electrons. The Morgan fingerprint density at radius 2 is 2.10 bits per heavy atom. The van der Waals surface area contributed by atoms with E-state index in [2.05, 4.69) is 49.1 Å². The van der Waals surface area contributed by atoms with Crippen molar-refractivity contribution in [1.82, 2.24) is 20.3 Å². The van der Waals surface area contributed by atoms with Crippen LogP contribution in [0.3, 0.4) is 0 Å². The van der Waals surface area contributed by atoms with Gasteiger partial charge in [0.05, 0.1) is 11.2 Å². The molecule has 5 rings (SSSR count). The second-order valence-electron chi connectivity index (χ2n) is 9.63.